The molecule has 2 N–H and O–H groups in total. The van der Waals surface area contributed by atoms with Crippen LogP contribution in [0.2, 0.25) is 5.15 Å². The van der Waals surface area contributed by atoms with E-state index in [0.29, 0.717) is 5.46 Å². The summed E-state index contributed by atoms with van der Waals surface area (Å²) in [5.41, 5.74) is 5.21. The minimum atomic E-state index is -0.562. The second-order valence-electron chi connectivity index (χ2n) is 5.06. The molecule has 17 heavy (non-hydrogen) atoms. The molecule has 1 aliphatic heterocycles. The third-order valence-corrected chi connectivity index (χ3v) is 3.60. The Kier molecular flexibility index (Phi) is 2.84. The van der Waals surface area contributed by atoms with Crippen molar-refractivity contribution >= 4 is 30.1 Å². The fourth-order valence-corrected chi connectivity index (χ4v) is 1.74. The van der Waals surface area contributed by atoms with Crippen molar-refractivity contribution in [1.29, 1.82) is 0 Å². The predicted molar refractivity (Wildman–Crippen MR) is 67.2 cm³/mol. The van der Waals surface area contributed by atoms with Crippen LogP contribution < -0.4 is 11.2 Å². The normalized spacial score (nSPS) is 21.8. The van der Waals surface area contributed by atoms with Crippen molar-refractivity contribution in [2.45, 2.75) is 38.9 Å². The van der Waals surface area contributed by atoms with Crippen molar-refractivity contribution in [1.82, 2.24) is 9.97 Å². The molecule has 1 saturated heterocycles. The maximum atomic E-state index is 6.00. The third-order valence-electron chi connectivity index (χ3n) is 3.29. The first kappa shape index (κ1) is 12.6. The van der Waals surface area contributed by atoms with Gasteiger partial charge in [0.15, 0.2) is 0 Å². The Bertz CT molecular complexity index is 437. The second kappa shape index (κ2) is 3.83. The van der Waals surface area contributed by atoms with Gasteiger partial charge in [-0.25, -0.2) is 9.97 Å². The molecule has 0 atom stereocenters. The number of rotatable bonds is 1. The van der Waals surface area contributed by atoms with Crippen LogP contribution in [0.3, 0.4) is 0 Å². The topological polar surface area (TPSA) is 70.3 Å². The number of hydrogen-bond acceptors (Lipinski definition) is 5. The Balaban J connectivity index is 2.32. The van der Waals surface area contributed by atoms with Crippen LogP contribution in [0.1, 0.15) is 27.7 Å². The van der Waals surface area contributed by atoms with E-state index in [1.807, 2.05) is 27.7 Å². The fraction of sp³-hybridized carbons (Fsp3) is 0.600. The Morgan fingerprint density at radius 3 is 2.24 bits per heavy atom. The summed E-state index contributed by atoms with van der Waals surface area (Å²) < 4.78 is 11.7. The summed E-state index contributed by atoms with van der Waals surface area (Å²) in [5.74, 6) is 0.135. The Morgan fingerprint density at radius 2 is 1.76 bits per heavy atom. The lowest BCUT2D eigenvalue weighted by Gasteiger charge is -2.32. The predicted octanol–water partition coefficient (Wildman–Crippen LogP) is 1.01. The fourth-order valence-electron chi connectivity index (χ4n) is 1.51. The molecule has 5 nitrogen and oxygen atoms in total. The van der Waals surface area contributed by atoms with Crippen molar-refractivity contribution < 1.29 is 9.31 Å². The van der Waals surface area contributed by atoms with E-state index < -0.39 is 18.3 Å². The zero-order valence-electron chi connectivity index (χ0n) is 10.3. The molecule has 0 unspecified atom stereocenters. The summed E-state index contributed by atoms with van der Waals surface area (Å²) >= 11 is 6.00. The molecule has 2 heterocycles. The zero-order chi connectivity index (χ0) is 12.8. The molecule has 7 heteroatoms. The van der Waals surface area contributed by atoms with Crippen LogP contribution in [0, 0.1) is 0 Å². The van der Waals surface area contributed by atoms with Gasteiger partial charge in [-0.3, -0.25) is 0 Å². The lowest BCUT2D eigenvalue weighted by atomic mass is 9.81. The number of nitrogens with zero attached hydrogens (tertiary/aromatic N) is 2. The molecule has 0 radical (unpaired) electrons. The highest BCUT2D eigenvalue weighted by Crippen LogP contribution is 2.36. The highest BCUT2D eigenvalue weighted by molar-refractivity contribution is 6.65. The molecular weight excluding hydrogens is 240 g/mol. The first-order valence-corrected chi connectivity index (χ1v) is 5.74. The molecule has 0 amide bonds. The van der Waals surface area contributed by atoms with Crippen LogP contribution in [0.5, 0.6) is 0 Å². The first-order valence-electron chi connectivity index (χ1n) is 5.36. The molecule has 1 aromatic rings. The van der Waals surface area contributed by atoms with Gasteiger partial charge in [0.2, 0.25) is 5.95 Å². The van der Waals surface area contributed by atoms with E-state index in [1.165, 1.54) is 6.20 Å². The molecule has 0 aromatic carbocycles. The highest BCUT2D eigenvalue weighted by Gasteiger charge is 2.52. The van der Waals surface area contributed by atoms with Gasteiger partial charge in [0, 0.05) is 11.7 Å². The summed E-state index contributed by atoms with van der Waals surface area (Å²) in [4.78, 5) is 7.79. The van der Waals surface area contributed by atoms with E-state index in [9.17, 15) is 0 Å². The summed E-state index contributed by atoms with van der Waals surface area (Å²) in [6, 6.07) is 0. The zero-order valence-corrected chi connectivity index (χ0v) is 11.1. The standard InChI is InChI=1S/C10H15BClN3O2/c1-9(2)10(3,4)17-11(16-9)6-5-14-8(13)15-7(6)12/h5H,1-4H3,(H2,13,14,15). The van der Waals surface area contributed by atoms with Gasteiger partial charge in [-0.1, -0.05) is 11.6 Å². The van der Waals surface area contributed by atoms with Crippen LogP contribution in [0.4, 0.5) is 5.95 Å². The molecular formula is C10H15BClN3O2. The number of nitrogens with two attached hydrogens (primary N) is 1. The van der Waals surface area contributed by atoms with Crippen LogP contribution in [0.15, 0.2) is 6.20 Å². The molecule has 1 aliphatic rings. The second-order valence-corrected chi connectivity index (χ2v) is 5.42. The van der Waals surface area contributed by atoms with E-state index in [2.05, 4.69) is 9.97 Å². The molecule has 1 fully saturated rings. The SMILES string of the molecule is CC1(C)OB(c2cnc(N)nc2Cl)OC1(C)C. The number of anilines is 1. The quantitative estimate of drug-likeness (QED) is 0.599. The van der Waals surface area contributed by atoms with E-state index >= 15 is 0 Å². The van der Waals surface area contributed by atoms with Crippen molar-refractivity contribution in [3.63, 3.8) is 0 Å². The molecule has 92 valence electrons. The van der Waals surface area contributed by atoms with Crippen molar-refractivity contribution in [3.05, 3.63) is 11.3 Å². The van der Waals surface area contributed by atoms with Crippen LogP contribution in [0.25, 0.3) is 0 Å². The Labute approximate surface area is 106 Å². The lowest BCUT2D eigenvalue weighted by Crippen LogP contribution is -2.41. The molecule has 0 bridgehead atoms. The van der Waals surface area contributed by atoms with Gasteiger partial charge >= 0.3 is 7.12 Å². The van der Waals surface area contributed by atoms with Crippen molar-refractivity contribution in [2.75, 3.05) is 5.73 Å². The van der Waals surface area contributed by atoms with Crippen LogP contribution >= 0.6 is 11.6 Å². The Hall–Kier alpha value is -0.845. The summed E-state index contributed by atoms with van der Waals surface area (Å²) in [6.07, 6.45) is 1.53. The van der Waals surface area contributed by atoms with Gasteiger partial charge in [0.1, 0.15) is 5.15 Å². The van der Waals surface area contributed by atoms with Crippen molar-refractivity contribution in [2.24, 2.45) is 0 Å². The van der Waals surface area contributed by atoms with Gasteiger partial charge in [0.05, 0.1) is 11.2 Å². The van der Waals surface area contributed by atoms with E-state index in [4.69, 9.17) is 26.6 Å². The number of aromatic nitrogens is 2. The minimum Gasteiger partial charge on any atom is -0.399 e. The monoisotopic (exact) mass is 255 g/mol. The molecule has 2 rings (SSSR count). The maximum absolute atomic E-state index is 6.00. The summed E-state index contributed by atoms with van der Waals surface area (Å²) in [7, 11) is -0.562. The number of nitrogen functional groups attached to an aromatic ring is 1. The average Bonchev–Trinajstić information content (AvgIpc) is 2.35. The number of halogens is 1. The van der Waals surface area contributed by atoms with E-state index in [1.54, 1.807) is 0 Å². The van der Waals surface area contributed by atoms with Crippen molar-refractivity contribution in [3.8, 4) is 0 Å². The molecule has 0 aliphatic carbocycles. The molecule has 0 saturated carbocycles. The van der Waals surface area contributed by atoms with Gasteiger partial charge < -0.3 is 15.0 Å². The van der Waals surface area contributed by atoms with E-state index in [0.717, 1.165) is 0 Å². The minimum absolute atomic E-state index is 0.135. The van der Waals surface area contributed by atoms with Gasteiger partial charge in [0.25, 0.3) is 0 Å². The third kappa shape index (κ3) is 2.12. The number of hydrogen-bond donors (Lipinski definition) is 1. The van der Waals surface area contributed by atoms with Crippen LogP contribution in [-0.4, -0.2) is 28.3 Å². The van der Waals surface area contributed by atoms with Crippen LogP contribution in [-0.2, 0) is 9.31 Å². The lowest BCUT2D eigenvalue weighted by molar-refractivity contribution is 0.00578. The first-order chi connectivity index (χ1) is 7.73. The van der Waals surface area contributed by atoms with Gasteiger partial charge in [-0.2, -0.15) is 0 Å². The smallest absolute Gasteiger partial charge is 0.399 e. The van der Waals surface area contributed by atoms with Gasteiger partial charge in [-0.15, -0.1) is 0 Å². The largest absolute Gasteiger partial charge is 0.499 e. The highest BCUT2D eigenvalue weighted by atomic mass is 35.5. The van der Waals surface area contributed by atoms with Gasteiger partial charge in [-0.05, 0) is 27.7 Å². The summed E-state index contributed by atoms with van der Waals surface area (Å²) in [5, 5.41) is 0.260. The average molecular weight is 256 g/mol. The molecule has 1 aromatic heterocycles. The summed E-state index contributed by atoms with van der Waals surface area (Å²) in [6.45, 7) is 7.89. The maximum Gasteiger partial charge on any atom is 0.499 e. The van der Waals surface area contributed by atoms with E-state index in [-0.39, 0.29) is 11.1 Å². The molecule has 0 spiro atoms. The Morgan fingerprint density at radius 1 is 1.24 bits per heavy atom.